The number of aliphatic hydroxyl groups excluding tert-OH is 1. The lowest BCUT2D eigenvalue weighted by molar-refractivity contribution is -0.385. The van der Waals surface area contributed by atoms with Crippen LogP contribution in [0.3, 0.4) is 0 Å². The Morgan fingerprint density at radius 2 is 1.87 bits per heavy atom. The summed E-state index contributed by atoms with van der Waals surface area (Å²) in [5.41, 5.74) is 0.351. The number of benzene rings is 2. The van der Waals surface area contributed by atoms with Gasteiger partial charge in [0.05, 0.1) is 28.2 Å². The normalized spacial score (nSPS) is 16.3. The molecule has 0 radical (unpaired) electrons. The lowest BCUT2D eigenvalue weighted by Gasteiger charge is -2.32. The van der Waals surface area contributed by atoms with Crippen LogP contribution in [0, 0.1) is 10.1 Å². The molecule has 0 spiro atoms. The Hall–Kier alpha value is -3.78. The fourth-order valence-corrected chi connectivity index (χ4v) is 5.50. The molecule has 3 aromatic rings. The van der Waals surface area contributed by atoms with E-state index >= 15 is 0 Å². The van der Waals surface area contributed by atoms with Gasteiger partial charge in [0.2, 0.25) is 10.0 Å². The summed E-state index contributed by atoms with van der Waals surface area (Å²) in [5.74, 6) is 0.144. The molecule has 39 heavy (non-hydrogen) atoms. The standard InChI is InChI=1S/C26H29N3O9S/c30-24(23(15-18-7-2-1-3-8-18)27-26(31)38-21-13-14-36-17-21)25(37-20-10-4-5-11-20)28-39(34,35)22-12-6-9-19(16-22)29(32)33/h1-3,6-9,12-14,16-17,20,23-25,28,30H,4-5,10-11,15H2,(H,27,31)/t23-,24+,25?/m0/s1. The summed E-state index contributed by atoms with van der Waals surface area (Å²) in [6.07, 6.45) is 1.49. The van der Waals surface area contributed by atoms with E-state index in [0.29, 0.717) is 12.8 Å². The van der Waals surface area contributed by atoms with Crippen LogP contribution in [0.5, 0.6) is 5.75 Å². The van der Waals surface area contributed by atoms with Gasteiger partial charge in [-0.1, -0.05) is 49.2 Å². The van der Waals surface area contributed by atoms with Gasteiger partial charge in [-0.2, -0.15) is 4.72 Å². The molecule has 0 bridgehead atoms. The van der Waals surface area contributed by atoms with E-state index in [1.54, 1.807) is 24.3 Å². The second-order valence-corrected chi connectivity index (χ2v) is 10.8. The van der Waals surface area contributed by atoms with E-state index in [1.165, 1.54) is 36.8 Å². The summed E-state index contributed by atoms with van der Waals surface area (Å²) >= 11 is 0. The molecule has 12 nitrogen and oxygen atoms in total. The van der Waals surface area contributed by atoms with E-state index in [1.807, 2.05) is 6.07 Å². The van der Waals surface area contributed by atoms with E-state index in [2.05, 4.69) is 10.0 Å². The SMILES string of the molecule is O=C(N[C@@H](Cc1ccccc1)[C@@H](O)C(NS(=O)(=O)c1cccc([N+](=O)[O-])c1)OC1CCCC1)Oc1ccoc1. The lowest BCUT2D eigenvalue weighted by Crippen LogP contribution is -2.57. The third-order valence-electron chi connectivity index (χ3n) is 6.28. The molecule has 1 saturated carbocycles. The fraction of sp³-hybridized carbons (Fsp3) is 0.346. The molecule has 1 fully saturated rings. The number of rotatable bonds is 12. The van der Waals surface area contributed by atoms with Crippen molar-refractivity contribution in [2.45, 2.75) is 61.5 Å². The molecule has 0 saturated heterocycles. The summed E-state index contributed by atoms with van der Waals surface area (Å²) < 4.78 is 45.0. The zero-order valence-electron chi connectivity index (χ0n) is 20.8. The minimum Gasteiger partial charge on any atom is -0.469 e. The maximum atomic E-state index is 13.3. The van der Waals surface area contributed by atoms with Crippen LogP contribution in [-0.2, 0) is 21.2 Å². The molecule has 208 valence electrons. The highest BCUT2D eigenvalue weighted by Gasteiger charge is 2.36. The molecule has 1 heterocycles. The van der Waals surface area contributed by atoms with E-state index in [4.69, 9.17) is 13.9 Å². The first-order chi connectivity index (χ1) is 18.7. The largest absolute Gasteiger partial charge is 0.469 e. The van der Waals surface area contributed by atoms with Crippen molar-refractivity contribution in [3.8, 4) is 5.75 Å². The predicted molar refractivity (Wildman–Crippen MR) is 138 cm³/mol. The fourth-order valence-electron chi connectivity index (χ4n) is 4.33. The number of ether oxygens (including phenoxy) is 2. The number of amides is 1. The van der Waals surface area contributed by atoms with Gasteiger partial charge in [-0.3, -0.25) is 10.1 Å². The minimum atomic E-state index is -4.37. The Labute approximate surface area is 225 Å². The van der Waals surface area contributed by atoms with Gasteiger partial charge in [-0.15, -0.1) is 0 Å². The predicted octanol–water partition coefficient (Wildman–Crippen LogP) is 3.51. The van der Waals surface area contributed by atoms with Gasteiger partial charge in [-0.25, -0.2) is 13.2 Å². The zero-order valence-corrected chi connectivity index (χ0v) is 21.7. The first-order valence-corrected chi connectivity index (χ1v) is 13.8. The Morgan fingerprint density at radius 3 is 2.54 bits per heavy atom. The number of nitrogens with one attached hydrogen (secondary N) is 2. The van der Waals surface area contributed by atoms with Crippen molar-refractivity contribution >= 4 is 21.8 Å². The maximum absolute atomic E-state index is 13.3. The van der Waals surface area contributed by atoms with Crippen molar-refractivity contribution in [3.63, 3.8) is 0 Å². The molecular formula is C26H29N3O9S. The number of carbonyl (C=O) groups excluding carboxylic acids is 1. The Balaban J connectivity index is 1.60. The lowest BCUT2D eigenvalue weighted by atomic mass is 10.0. The molecule has 2 aromatic carbocycles. The van der Waals surface area contributed by atoms with E-state index in [9.17, 15) is 28.4 Å². The highest BCUT2D eigenvalue weighted by Crippen LogP contribution is 2.25. The van der Waals surface area contributed by atoms with Crippen molar-refractivity contribution in [3.05, 3.63) is 88.9 Å². The van der Waals surface area contributed by atoms with Gasteiger partial charge < -0.3 is 24.3 Å². The van der Waals surface area contributed by atoms with Crippen molar-refractivity contribution in [1.29, 1.82) is 0 Å². The number of hydrogen-bond donors (Lipinski definition) is 3. The van der Waals surface area contributed by atoms with Crippen molar-refractivity contribution < 1.29 is 37.1 Å². The second-order valence-electron chi connectivity index (χ2n) is 9.12. The molecule has 3 atom stereocenters. The van der Waals surface area contributed by atoms with Crippen LogP contribution in [0.2, 0.25) is 0 Å². The van der Waals surface area contributed by atoms with Gasteiger partial charge in [0.15, 0.2) is 5.75 Å². The molecule has 0 aliphatic heterocycles. The van der Waals surface area contributed by atoms with E-state index in [-0.39, 0.29) is 23.2 Å². The number of nitro groups is 1. The Kier molecular flexibility index (Phi) is 9.30. The molecule has 4 rings (SSSR count). The molecule has 1 amide bonds. The zero-order chi connectivity index (χ0) is 27.8. The van der Waals surface area contributed by atoms with Crippen LogP contribution in [0.15, 0.2) is 82.5 Å². The smallest absolute Gasteiger partial charge is 0.413 e. The van der Waals surface area contributed by atoms with Gasteiger partial charge >= 0.3 is 6.09 Å². The quantitative estimate of drug-likeness (QED) is 0.171. The number of nitrogens with zero attached hydrogens (tertiary/aromatic N) is 1. The number of hydrogen-bond acceptors (Lipinski definition) is 9. The van der Waals surface area contributed by atoms with Crippen LogP contribution < -0.4 is 14.8 Å². The highest BCUT2D eigenvalue weighted by molar-refractivity contribution is 7.89. The van der Waals surface area contributed by atoms with Crippen LogP contribution >= 0.6 is 0 Å². The highest BCUT2D eigenvalue weighted by atomic mass is 32.2. The molecule has 1 aromatic heterocycles. The van der Waals surface area contributed by atoms with Gasteiger partial charge in [0.1, 0.15) is 18.6 Å². The summed E-state index contributed by atoms with van der Waals surface area (Å²) in [6, 6.07) is 13.9. The number of nitro benzene ring substituents is 1. The van der Waals surface area contributed by atoms with Crippen LogP contribution in [0.1, 0.15) is 31.2 Å². The van der Waals surface area contributed by atoms with Gasteiger partial charge in [0.25, 0.3) is 5.69 Å². The third kappa shape index (κ3) is 7.86. The second kappa shape index (κ2) is 12.8. The summed E-state index contributed by atoms with van der Waals surface area (Å²) in [7, 11) is -4.37. The Morgan fingerprint density at radius 1 is 1.13 bits per heavy atom. The van der Waals surface area contributed by atoms with Gasteiger partial charge in [-0.05, 0) is 30.9 Å². The van der Waals surface area contributed by atoms with Crippen molar-refractivity contribution in [2.75, 3.05) is 0 Å². The van der Waals surface area contributed by atoms with Crippen molar-refractivity contribution in [1.82, 2.24) is 10.0 Å². The maximum Gasteiger partial charge on any atom is 0.413 e. The first-order valence-electron chi connectivity index (χ1n) is 12.4. The van der Waals surface area contributed by atoms with E-state index < -0.39 is 45.1 Å². The molecular weight excluding hydrogens is 530 g/mol. The topological polar surface area (TPSA) is 170 Å². The van der Waals surface area contributed by atoms with Crippen LogP contribution in [0.25, 0.3) is 0 Å². The molecule has 1 aliphatic rings. The average Bonchev–Trinajstić information content (AvgIpc) is 3.63. The van der Waals surface area contributed by atoms with Crippen LogP contribution in [0.4, 0.5) is 10.5 Å². The number of carbonyl (C=O) groups is 1. The molecule has 3 N–H and O–H groups in total. The summed E-state index contributed by atoms with van der Waals surface area (Å²) in [4.78, 5) is 22.8. The number of aliphatic hydroxyl groups is 1. The first kappa shape index (κ1) is 28.2. The third-order valence-corrected chi connectivity index (χ3v) is 7.70. The molecule has 1 aliphatic carbocycles. The number of sulfonamides is 1. The van der Waals surface area contributed by atoms with E-state index in [0.717, 1.165) is 24.5 Å². The Bertz CT molecular complexity index is 1340. The number of non-ortho nitro benzene ring substituents is 1. The van der Waals surface area contributed by atoms with Crippen LogP contribution in [-0.4, -0.2) is 49.0 Å². The molecule has 1 unspecified atom stereocenters. The molecule has 13 heteroatoms. The van der Waals surface area contributed by atoms with Crippen molar-refractivity contribution in [2.24, 2.45) is 0 Å². The number of furan rings is 1. The monoisotopic (exact) mass is 559 g/mol. The average molecular weight is 560 g/mol. The summed E-state index contributed by atoms with van der Waals surface area (Å²) in [5, 5.41) is 25.3. The van der Waals surface area contributed by atoms with Gasteiger partial charge in [0, 0.05) is 18.2 Å². The summed E-state index contributed by atoms with van der Waals surface area (Å²) in [6.45, 7) is 0. The minimum absolute atomic E-state index is 0.117.